The van der Waals surface area contributed by atoms with Gasteiger partial charge >= 0.3 is 5.97 Å². The number of nitrogens with one attached hydrogen (secondary N) is 1. The molecule has 0 aromatic carbocycles. The second kappa shape index (κ2) is 10.6. The van der Waals surface area contributed by atoms with E-state index in [-0.39, 0.29) is 17.5 Å². The van der Waals surface area contributed by atoms with Gasteiger partial charge in [0, 0.05) is 19.3 Å². The fourth-order valence-electron chi connectivity index (χ4n) is 1.00. The minimum atomic E-state index is -1.11. The van der Waals surface area contributed by atoms with E-state index in [4.69, 9.17) is 33.3 Å². The molecule has 1 rings (SSSR count). The minimum absolute atomic E-state index is 0.0497. The van der Waals surface area contributed by atoms with Crippen molar-refractivity contribution in [2.75, 3.05) is 32.8 Å². The number of carboxylic acid groups (broad SMARTS) is 1. The molecule has 0 saturated carbocycles. The number of amides is 1. The van der Waals surface area contributed by atoms with Gasteiger partial charge < -0.3 is 26.4 Å². The number of thioether (sulfide) groups is 1. The van der Waals surface area contributed by atoms with Crippen LogP contribution in [-0.2, 0) is 9.59 Å². The van der Waals surface area contributed by atoms with Crippen molar-refractivity contribution in [2.24, 2.45) is 5.73 Å². The Hall–Kier alpha value is -1.20. The molecular formula is C10H17N3O5S2. The minimum Gasteiger partial charge on any atom is -0.480 e. The highest BCUT2D eigenvalue weighted by Gasteiger charge is 2.33. The van der Waals surface area contributed by atoms with Crippen LogP contribution in [0.4, 0.5) is 0 Å². The van der Waals surface area contributed by atoms with Gasteiger partial charge in [0.2, 0.25) is 0 Å². The number of carbonyl (C=O) groups is 2. The fourth-order valence-corrected chi connectivity index (χ4v) is 2.20. The van der Waals surface area contributed by atoms with E-state index in [0.29, 0.717) is 18.0 Å². The zero-order chi connectivity index (χ0) is 15.5. The molecule has 0 atom stereocenters. The van der Waals surface area contributed by atoms with E-state index in [1.807, 2.05) is 0 Å². The number of nitrogens with two attached hydrogens (primary N) is 1. The van der Waals surface area contributed by atoms with Gasteiger partial charge in [-0.05, 0) is 0 Å². The molecule has 20 heavy (non-hydrogen) atoms. The number of carbonyl (C=O) groups excluding carboxylic acids is 1. The second-order valence-electron chi connectivity index (χ2n) is 3.35. The van der Waals surface area contributed by atoms with E-state index in [0.717, 1.165) is 16.7 Å². The molecule has 0 aromatic heterocycles. The molecule has 1 fully saturated rings. The van der Waals surface area contributed by atoms with Crippen molar-refractivity contribution in [3.8, 4) is 0 Å². The summed E-state index contributed by atoms with van der Waals surface area (Å²) in [5.74, 6) is -1.54. The maximum atomic E-state index is 11.6. The summed E-state index contributed by atoms with van der Waals surface area (Å²) in [6.45, 7) is 0.316. The van der Waals surface area contributed by atoms with E-state index < -0.39 is 18.4 Å². The molecule has 1 aliphatic rings. The Balaban J connectivity index is 0.000000796. The molecule has 0 radical (unpaired) electrons. The Bertz CT molecular complexity index is 387. The van der Waals surface area contributed by atoms with Crippen molar-refractivity contribution in [3.05, 3.63) is 11.1 Å². The van der Waals surface area contributed by atoms with Crippen LogP contribution < -0.4 is 11.1 Å². The first-order chi connectivity index (χ1) is 9.47. The first-order valence-electron chi connectivity index (χ1n) is 5.58. The number of hydrogen-bond acceptors (Lipinski definition) is 8. The molecule has 114 valence electrons. The van der Waals surface area contributed by atoms with Gasteiger partial charge in [-0.25, -0.2) is 0 Å². The van der Waals surface area contributed by atoms with Crippen molar-refractivity contribution in [1.29, 1.82) is 0 Å². The zero-order valence-corrected chi connectivity index (χ0v) is 12.2. The van der Waals surface area contributed by atoms with Gasteiger partial charge in [-0.1, -0.05) is 24.0 Å². The SMILES string of the molecule is NCCO.O=C(O)CN1C(=O)C(=CNCCO)SC1=S. The summed E-state index contributed by atoms with van der Waals surface area (Å²) in [5.41, 5.74) is 4.78. The maximum absolute atomic E-state index is 11.6. The lowest BCUT2D eigenvalue weighted by Crippen LogP contribution is -2.33. The zero-order valence-electron chi connectivity index (χ0n) is 10.6. The predicted molar refractivity (Wildman–Crippen MR) is 78.8 cm³/mol. The van der Waals surface area contributed by atoms with Crippen molar-refractivity contribution in [2.45, 2.75) is 0 Å². The van der Waals surface area contributed by atoms with Crippen molar-refractivity contribution >= 4 is 40.2 Å². The van der Waals surface area contributed by atoms with Crippen molar-refractivity contribution < 1.29 is 24.9 Å². The third-order valence-electron chi connectivity index (χ3n) is 1.79. The number of nitrogens with zero attached hydrogens (tertiary/aromatic N) is 1. The number of rotatable bonds is 6. The van der Waals surface area contributed by atoms with Gasteiger partial charge in [0.05, 0.1) is 18.1 Å². The predicted octanol–water partition coefficient (Wildman–Crippen LogP) is -1.71. The van der Waals surface area contributed by atoms with Gasteiger partial charge in [0.15, 0.2) is 0 Å². The van der Waals surface area contributed by atoms with E-state index in [2.05, 4.69) is 5.32 Å². The lowest BCUT2D eigenvalue weighted by atomic mass is 10.4. The highest BCUT2D eigenvalue weighted by molar-refractivity contribution is 8.26. The summed E-state index contributed by atoms with van der Waals surface area (Å²) in [6, 6.07) is 0. The van der Waals surface area contributed by atoms with Crippen LogP contribution in [0.1, 0.15) is 0 Å². The summed E-state index contributed by atoms with van der Waals surface area (Å²) in [7, 11) is 0. The molecule has 0 unspecified atom stereocenters. The van der Waals surface area contributed by atoms with Gasteiger partial charge in [0.1, 0.15) is 10.9 Å². The topological polar surface area (TPSA) is 136 Å². The quantitative estimate of drug-likeness (QED) is 0.220. The lowest BCUT2D eigenvalue weighted by molar-refractivity contribution is -0.140. The van der Waals surface area contributed by atoms with Crippen LogP contribution in [0.3, 0.4) is 0 Å². The Morgan fingerprint density at radius 1 is 1.45 bits per heavy atom. The Kier molecular flexibility index (Phi) is 9.94. The normalized spacial score (nSPS) is 16.1. The molecule has 1 aliphatic heterocycles. The van der Waals surface area contributed by atoms with Gasteiger partial charge in [-0.15, -0.1) is 0 Å². The number of hydrogen-bond donors (Lipinski definition) is 5. The molecule has 10 heteroatoms. The monoisotopic (exact) mass is 323 g/mol. The summed E-state index contributed by atoms with van der Waals surface area (Å²) in [4.78, 5) is 23.5. The van der Waals surface area contributed by atoms with Crippen LogP contribution in [0.2, 0.25) is 0 Å². The highest BCUT2D eigenvalue weighted by Crippen LogP contribution is 2.29. The van der Waals surface area contributed by atoms with Gasteiger partial charge in [0.25, 0.3) is 5.91 Å². The van der Waals surface area contributed by atoms with Crippen LogP contribution in [0, 0.1) is 0 Å². The third kappa shape index (κ3) is 6.82. The molecule has 6 N–H and O–H groups in total. The first-order valence-corrected chi connectivity index (χ1v) is 6.81. The number of aliphatic carboxylic acids is 1. The van der Waals surface area contributed by atoms with E-state index in [1.54, 1.807) is 0 Å². The summed E-state index contributed by atoms with van der Waals surface area (Å²) in [5, 5.41) is 27.6. The third-order valence-corrected chi connectivity index (χ3v) is 3.16. The Morgan fingerprint density at radius 3 is 2.50 bits per heavy atom. The summed E-state index contributed by atoms with van der Waals surface area (Å²) in [6.07, 6.45) is 1.43. The molecule has 0 spiro atoms. The Labute approximate surface area is 125 Å². The van der Waals surface area contributed by atoms with E-state index in [9.17, 15) is 9.59 Å². The van der Waals surface area contributed by atoms with Crippen LogP contribution in [0.25, 0.3) is 0 Å². The van der Waals surface area contributed by atoms with Gasteiger partial charge in [-0.3, -0.25) is 14.5 Å². The smallest absolute Gasteiger partial charge is 0.323 e. The average molecular weight is 323 g/mol. The van der Waals surface area contributed by atoms with Crippen LogP contribution in [0.5, 0.6) is 0 Å². The van der Waals surface area contributed by atoms with Crippen LogP contribution >= 0.6 is 24.0 Å². The second-order valence-corrected chi connectivity index (χ2v) is 5.03. The summed E-state index contributed by atoms with van der Waals surface area (Å²) >= 11 is 5.91. The molecule has 0 aromatic rings. The van der Waals surface area contributed by atoms with Crippen LogP contribution in [0.15, 0.2) is 11.1 Å². The number of aliphatic hydroxyl groups is 2. The average Bonchev–Trinajstić information content (AvgIpc) is 2.67. The largest absolute Gasteiger partial charge is 0.480 e. The molecule has 1 heterocycles. The molecule has 0 aliphatic carbocycles. The maximum Gasteiger partial charge on any atom is 0.323 e. The first kappa shape index (κ1) is 18.8. The standard InChI is InChI=1S/C8H10N2O4S2.C2H7NO/c11-2-1-9-3-5-7(14)10(4-6(12)13)8(15)16-5;3-1-2-4/h3,9,11H,1-2,4H2,(H,12,13);4H,1-3H2. The summed E-state index contributed by atoms with van der Waals surface area (Å²) < 4.78 is 0.226. The highest BCUT2D eigenvalue weighted by atomic mass is 32.2. The molecule has 1 saturated heterocycles. The number of aliphatic hydroxyl groups excluding tert-OH is 2. The lowest BCUT2D eigenvalue weighted by Gasteiger charge is -2.10. The van der Waals surface area contributed by atoms with E-state index in [1.165, 1.54) is 6.20 Å². The fraction of sp³-hybridized carbons (Fsp3) is 0.500. The Morgan fingerprint density at radius 2 is 2.05 bits per heavy atom. The van der Waals surface area contributed by atoms with Crippen LogP contribution in [-0.4, -0.2) is 69.3 Å². The molecule has 0 bridgehead atoms. The molecule has 8 nitrogen and oxygen atoms in total. The number of carboxylic acids is 1. The van der Waals surface area contributed by atoms with Crippen molar-refractivity contribution in [3.63, 3.8) is 0 Å². The molecular weight excluding hydrogens is 306 g/mol. The molecule has 1 amide bonds. The van der Waals surface area contributed by atoms with Gasteiger partial charge in [-0.2, -0.15) is 0 Å². The number of thiocarbonyl (C=S) groups is 1. The van der Waals surface area contributed by atoms with Crippen molar-refractivity contribution in [1.82, 2.24) is 10.2 Å². The van der Waals surface area contributed by atoms with E-state index >= 15 is 0 Å².